The fourth-order valence-electron chi connectivity index (χ4n) is 1.64. The molecule has 0 aliphatic heterocycles. The molecule has 2 N–H and O–H groups in total. The second-order valence-corrected chi connectivity index (χ2v) is 6.24. The summed E-state index contributed by atoms with van der Waals surface area (Å²) in [6.45, 7) is 2.02. The van der Waals surface area contributed by atoms with Crippen LogP contribution in [0.3, 0.4) is 0 Å². The molecular weight excluding hydrogens is 308 g/mol. The molecule has 0 bridgehead atoms. The van der Waals surface area contributed by atoms with Crippen molar-refractivity contribution in [1.82, 2.24) is 4.98 Å². The normalized spacial score (nSPS) is 14.2. The highest BCUT2D eigenvalue weighted by molar-refractivity contribution is 9.10. The van der Waals surface area contributed by atoms with Crippen LogP contribution in [0.2, 0.25) is 0 Å². The molecule has 0 saturated carbocycles. The molecule has 1 aromatic heterocycles. The Labute approximate surface area is 120 Å². The Bertz CT molecular complexity index is 485. The summed E-state index contributed by atoms with van der Waals surface area (Å²) in [6, 6.07) is 14.3. The van der Waals surface area contributed by atoms with E-state index in [2.05, 4.69) is 33.0 Å². The predicted molar refractivity (Wildman–Crippen MR) is 80.6 cm³/mol. The Morgan fingerprint density at radius 2 is 1.89 bits per heavy atom. The van der Waals surface area contributed by atoms with Gasteiger partial charge in [0.2, 0.25) is 0 Å². The molecule has 0 spiro atoms. The lowest BCUT2D eigenvalue weighted by Crippen LogP contribution is -2.23. The molecule has 1 heterocycles. The highest BCUT2D eigenvalue weighted by Crippen LogP contribution is 2.36. The van der Waals surface area contributed by atoms with Crippen LogP contribution in [-0.2, 0) is 0 Å². The molecule has 0 aliphatic rings. The quantitative estimate of drug-likeness (QED) is 0.864. The Hall–Kier alpha value is -0.840. The predicted octanol–water partition coefficient (Wildman–Crippen LogP) is 4.02. The van der Waals surface area contributed by atoms with E-state index < -0.39 is 0 Å². The van der Waals surface area contributed by atoms with Crippen molar-refractivity contribution in [2.45, 2.75) is 23.1 Å². The van der Waals surface area contributed by atoms with Crippen LogP contribution in [-0.4, -0.2) is 11.0 Å². The second kappa shape index (κ2) is 6.36. The lowest BCUT2D eigenvalue weighted by Gasteiger charge is -2.19. The molecule has 18 heavy (non-hydrogen) atoms. The maximum atomic E-state index is 6.08. The average molecular weight is 323 g/mol. The number of nitrogens with zero attached hydrogens (tertiary/aromatic N) is 1. The van der Waals surface area contributed by atoms with Crippen molar-refractivity contribution in [3.05, 3.63) is 58.8 Å². The Morgan fingerprint density at radius 1 is 1.17 bits per heavy atom. The van der Waals surface area contributed by atoms with Gasteiger partial charge in [0.25, 0.3) is 0 Å². The first-order chi connectivity index (χ1) is 8.66. The largest absolute Gasteiger partial charge is 0.327 e. The van der Waals surface area contributed by atoms with Gasteiger partial charge in [-0.2, -0.15) is 0 Å². The van der Waals surface area contributed by atoms with E-state index in [1.54, 1.807) is 11.8 Å². The number of benzene rings is 1. The summed E-state index contributed by atoms with van der Waals surface area (Å²) in [5.74, 6) is 0. The van der Waals surface area contributed by atoms with Crippen molar-refractivity contribution in [2.24, 2.45) is 5.73 Å². The lowest BCUT2D eigenvalue weighted by atomic mass is 10.2. The van der Waals surface area contributed by atoms with Crippen molar-refractivity contribution in [1.29, 1.82) is 0 Å². The van der Waals surface area contributed by atoms with Crippen molar-refractivity contribution in [2.75, 3.05) is 0 Å². The van der Waals surface area contributed by atoms with Gasteiger partial charge in [0.15, 0.2) is 0 Å². The van der Waals surface area contributed by atoms with Gasteiger partial charge in [-0.05, 0) is 43.3 Å². The monoisotopic (exact) mass is 322 g/mol. The number of hydrogen-bond donors (Lipinski definition) is 1. The van der Waals surface area contributed by atoms with E-state index in [1.165, 1.54) is 4.90 Å². The maximum absolute atomic E-state index is 6.08. The summed E-state index contributed by atoms with van der Waals surface area (Å²) in [5.41, 5.74) is 7.10. The summed E-state index contributed by atoms with van der Waals surface area (Å²) in [5, 5.41) is 0.173. The first kappa shape index (κ1) is 13.6. The zero-order chi connectivity index (χ0) is 13.0. The summed E-state index contributed by atoms with van der Waals surface area (Å²) in [7, 11) is 0. The SMILES string of the molecule is CC(N)C(Sc1ccc(Br)cc1)c1ccccn1. The van der Waals surface area contributed by atoms with Crippen LogP contribution in [0, 0.1) is 0 Å². The standard InChI is InChI=1S/C14H15BrN2S/c1-10(16)14(13-4-2-3-9-17-13)18-12-7-5-11(15)6-8-12/h2-10,14H,16H2,1H3. The molecule has 0 amide bonds. The smallest absolute Gasteiger partial charge is 0.0665 e. The van der Waals surface area contributed by atoms with Crippen molar-refractivity contribution in [3.8, 4) is 0 Å². The molecule has 2 rings (SSSR count). The molecule has 0 aliphatic carbocycles. The maximum Gasteiger partial charge on any atom is 0.0665 e. The molecule has 94 valence electrons. The minimum atomic E-state index is 0.0496. The van der Waals surface area contributed by atoms with Crippen LogP contribution in [0.15, 0.2) is 58.0 Å². The Balaban J connectivity index is 2.19. The van der Waals surface area contributed by atoms with Gasteiger partial charge < -0.3 is 5.73 Å². The number of rotatable bonds is 4. The minimum Gasteiger partial charge on any atom is -0.327 e. The van der Waals surface area contributed by atoms with Gasteiger partial charge in [-0.3, -0.25) is 4.98 Å². The fraction of sp³-hybridized carbons (Fsp3) is 0.214. The van der Waals surface area contributed by atoms with Gasteiger partial charge >= 0.3 is 0 Å². The van der Waals surface area contributed by atoms with Crippen LogP contribution < -0.4 is 5.73 Å². The summed E-state index contributed by atoms with van der Waals surface area (Å²) in [6.07, 6.45) is 1.81. The Morgan fingerprint density at radius 3 is 2.44 bits per heavy atom. The second-order valence-electron chi connectivity index (χ2n) is 4.11. The molecule has 0 fully saturated rings. The van der Waals surface area contributed by atoms with Gasteiger partial charge in [-0.25, -0.2) is 0 Å². The molecule has 1 aromatic carbocycles. The van der Waals surface area contributed by atoms with E-state index >= 15 is 0 Å². The number of aromatic nitrogens is 1. The number of nitrogens with two attached hydrogens (primary N) is 1. The van der Waals surface area contributed by atoms with Gasteiger partial charge in [-0.1, -0.05) is 22.0 Å². The van der Waals surface area contributed by atoms with E-state index in [0.29, 0.717) is 0 Å². The van der Waals surface area contributed by atoms with Gasteiger partial charge in [0, 0.05) is 21.6 Å². The summed E-state index contributed by atoms with van der Waals surface area (Å²) < 4.78 is 1.09. The molecule has 2 atom stereocenters. The van der Waals surface area contributed by atoms with Crippen molar-refractivity contribution in [3.63, 3.8) is 0 Å². The third-order valence-electron chi connectivity index (χ3n) is 2.53. The zero-order valence-electron chi connectivity index (χ0n) is 10.1. The number of hydrogen-bond acceptors (Lipinski definition) is 3. The van der Waals surface area contributed by atoms with E-state index in [9.17, 15) is 0 Å². The van der Waals surface area contributed by atoms with Crippen LogP contribution in [0.25, 0.3) is 0 Å². The van der Waals surface area contributed by atoms with Crippen LogP contribution in [0.5, 0.6) is 0 Å². The molecule has 0 saturated heterocycles. The summed E-state index contributed by atoms with van der Waals surface area (Å²) in [4.78, 5) is 5.60. The van der Waals surface area contributed by atoms with Crippen LogP contribution >= 0.6 is 27.7 Å². The number of halogens is 1. The lowest BCUT2D eigenvalue weighted by molar-refractivity contribution is 0.705. The minimum absolute atomic E-state index is 0.0496. The Kier molecular flexibility index (Phi) is 4.80. The van der Waals surface area contributed by atoms with Crippen LogP contribution in [0.1, 0.15) is 17.9 Å². The first-order valence-electron chi connectivity index (χ1n) is 5.75. The zero-order valence-corrected chi connectivity index (χ0v) is 12.5. The first-order valence-corrected chi connectivity index (χ1v) is 7.43. The van der Waals surface area contributed by atoms with Gasteiger partial charge in [0.1, 0.15) is 0 Å². The van der Waals surface area contributed by atoms with E-state index in [0.717, 1.165) is 10.2 Å². The third kappa shape index (κ3) is 3.57. The molecule has 2 nitrogen and oxygen atoms in total. The highest BCUT2D eigenvalue weighted by atomic mass is 79.9. The van der Waals surface area contributed by atoms with E-state index in [-0.39, 0.29) is 11.3 Å². The molecule has 2 unspecified atom stereocenters. The topological polar surface area (TPSA) is 38.9 Å². The van der Waals surface area contributed by atoms with Crippen molar-refractivity contribution < 1.29 is 0 Å². The van der Waals surface area contributed by atoms with Gasteiger partial charge in [0.05, 0.1) is 10.9 Å². The molecular formula is C14H15BrN2S. The highest BCUT2D eigenvalue weighted by Gasteiger charge is 2.18. The van der Waals surface area contributed by atoms with Crippen LogP contribution in [0.4, 0.5) is 0 Å². The van der Waals surface area contributed by atoms with Crippen molar-refractivity contribution >= 4 is 27.7 Å². The molecule has 0 radical (unpaired) electrons. The molecule has 4 heteroatoms. The van der Waals surface area contributed by atoms with E-state index in [4.69, 9.17) is 5.73 Å². The number of pyridine rings is 1. The third-order valence-corrected chi connectivity index (χ3v) is 4.53. The number of thioether (sulfide) groups is 1. The summed E-state index contributed by atoms with van der Waals surface area (Å²) >= 11 is 5.19. The van der Waals surface area contributed by atoms with E-state index in [1.807, 2.05) is 43.5 Å². The fourth-order valence-corrected chi connectivity index (χ4v) is 2.97. The van der Waals surface area contributed by atoms with Gasteiger partial charge in [-0.15, -0.1) is 11.8 Å². The average Bonchev–Trinajstić information content (AvgIpc) is 2.38. The molecule has 2 aromatic rings.